The molecule has 0 aliphatic carbocycles. The molecule has 0 radical (unpaired) electrons. The summed E-state index contributed by atoms with van der Waals surface area (Å²) in [6, 6.07) is 8.44. The summed E-state index contributed by atoms with van der Waals surface area (Å²) in [5, 5.41) is 9.97. The molecule has 0 aromatic heterocycles. The largest absolute Gasteiger partial charge is 0.384 e. The van der Waals surface area contributed by atoms with Crippen LogP contribution in [0.25, 0.3) is 0 Å². The van der Waals surface area contributed by atoms with E-state index in [-0.39, 0.29) is 5.56 Å². The zero-order chi connectivity index (χ0) is 13.3. The van der Waals surface area contributed by atoms with Gasteiger partial charge in [0.05, 0.1) is 0 Å². The Morgan fingerprint density at radius 3 is 1.89 bits per heavy atom. The molecule has 0 amide bonds. The van der Waals surface area contributed by atoms with Crippen LogP contribution in [-0.2, 0) is 0 Å². The number of aliphatic hydroxyl groups excluding tert-OH is 1. The van der Waals surface area contributed by atoms with Gasteiger partial charge in [0.15, 0.2) is 17.5 Å². The minimum atomic E-state index is -1.53. The van der Waals surface area contributed by atoms with E-state index in [1.165, 1.54) is 0 Å². The van der Waals surface area contributed by atoms with Gasteiger partial charge in [-0.3, -0.25) is 0 Å². The fourth-order valence-corrected chi connectivity index (χ4v) is 1.67. The fraction of sp³-hybridized carbons (Fsp3) is 0.143. The molecule has 0 saturated carbocycles. The van der Waals surface area contributed by atoms with E-state index >= 15 is 0 Å². The topological polar surface area (TPSA) is 20.2 Å². The molecule has 2 rings (SSSR count). The lowest BCUT2D eigenvalue weighted by Crippen LogP contribution is -2.03. The molecule has 1 N–H and O–H groups in total. The quantitative estimate of drug-likeness (QED) is 0.811. The summed E-state index contributed by atoms with van der Waals surface area (Å²) in [6.45, 7) is 1.88. The number of benzene rings is 2. The van der Waals surface area contributed by atoms with Gasteiger partial charge in [0, 0.05) is 0 Å². The van der Waals surface area contributed by atoms with E-state index in [0.29, 0.717) is 5.56 Å². The molecule has 2 aromatic carbocycles. The molecule has 1 nitrogen and oxygen atoms in total. The molecule has 0 bridgehead atoms. The Morgan fingerprint density at radius 1 is 0.889 bits per heavy atom. The summed E-state index contributed by atoms with van der Waals surface area (Å²) in [7, 11) is 0. The smallest absolute Gasteiger partial charge is 0.194 e. The summed E-state index contributed by atoms with van der Waals surface area (Å²) in [4.78, 5) is 0. The van der Waals surface area contributed by atoms with Crippen molar-refractivity contribution in [1.82, 2.24) is 0 Å². The van der Waals surface area contributed by atoms with Crippen molar-refractivity contribution in [2.45, 2.75) is 13.0 Å². The van der Waals surface area contributed by atoms with Crippen LogP contribution >= 0.6 is 0 Å². The number of halogens is 3. The molecule has 4 heteroatoms. The summed E-state index contributed by atoms with van der Waals surface area (Å²) in [6.07, 6.45) is -1.19. The Labute approximate surface area is 103 Å². The first-order chi connectivity index (χ1) is 8.49. The predicted molar refractivity (Wildman–Crippen MR) is 61.6 cm³/mol. The fourth-order valence-electron chi connectivity index (χ4n) is 1.67. The highest BCUT2D eigenvalue weighted by Gasteiger charge is 2.16. The van der Waals surface area contributed by atoms with E-state index in [0.717, 1.165) is 17.7 Å². The van der Waals surface area contributed by atoms with Gasteiger partial charge in [0.1, 0.15) is 6.10 Å². The van der Waals surface area contributed by atoms with E-state index in [1.54, 1.807) is 24.3 Å². The van der Waals surface area contributed by atoms with Crippen molar-refractivity contribution >= 4 is 0 Å². The van der Waals surface area contributed by atoms with Crippen LogP contribution in [-0.4, -0.2) is 5.11 Å². The maximum Gasteiger partial charge on any atom is 0.194 e. The van der Waals surface area contributed by atoms with Crippen LogP contribution in [0.2, 0.25) is 0 Å². The number of hydrogen-bond donors (Lipinski definition) is 1. The molecule has 0 spiro atoms. The van der Waals surface area contributed by atoms with E-state index < -0.39 is 23.6 Å². The van der Waals surface area contributed by atoms with Crippen molar-refractivity contribution in [2.24, 2.45) is 0 Å². The monoisotopic (exact) mass is 252 g/mol. The van der Waals surface area contributed by atoms with Crippen molar-refractivity contribution in [2.75, 3.05) is 0 Å². The highest BCUT2D eigenvalue weighted by Crippen LogP contribution is 2.25. The molecule has 0 heterocycles. The Morgan fingerprint density at radius 2 is 1.39 bits per heavy atom. The summed E-state index contributed by atoms with van der Waals surface area (Å²) in [5.41, 5.74) is 1.48. The van der Waals surface area contributed by atoms with Gasteiger partial charge in [-0.25, -0.2) is 13.2 Å². The summed E-state index contributed by atoms with van der Waals surface area (Å²) in [5.74, 6) is -4.15. The zero-order valence-electron chi connectivity index (χ0n) is 9.62. The van der Waals surface area contributed by atoms with Crippen LogP contribution in [0.3, 0.4) is 0 Å². The highest BCUT2D eigenvalue weighted by atomic mass is 19.2. The van der Waals surface area contributed by atoms with E-state index in [2.05, 4.69) is 0 Å². The molecule has 0 aliphatic rings. The lowest BCUT2D eigenvalue weighted by atomic mass is 10.0. The average Bonchev–Trinajstić information content (AvgIpc) is 2.35. The van der Waals surface area contributed by atoms with E-state index in [4.69, 9.17) is 0 Å². The Balaban J connectivity index is 2.39. The van der Waals surface area contributed by atoms with Gasteiger partial charge < -0.3 is 5.11 Å². The van der Waals surface area contributed by atoms with Gasteiger partial charge in [-0.2, -0.15) is 0 Å². The second kappa shape index (κ2) is 4.82. The third-order valence-electron chi connectivity index (χ3n) is 2.71. The van der Waals surface area contributed by atoms with Crippen molar-refractivity contribution in [3.63, 3.8) is 0 Å². The molecule has 94 valence electrons. The molecule has 0 saturated heterocycles. The maximum atomic E-state index is 13.1. The van der Waals surface area contributed by atoms with Crippen LogP contribution in [0.1, 0.15) is 22.8 Å². The van der Waals surface area contributed by atoms with Crippen LogP contribution in [0.5, 0.6) is 0 Å². The summed E-state index contributed by atoms with van der Waals surface area (Å²) < 4.78 is 38.9. The number of aliphatic hydroxyl groups is 1. The van der Waals surface area contributed by atoms with Crippen LogP contribution < -0.4 is 0 Å². The molecular weight excluding hydrogens is 241 g/mol. The Bertz CT molecular complexity index is 541. The predicted octanol–water partition coefficient (Wildman–Crippen LogP) is 3.49. The SMILES string of the molecule is Cc1ccc(C(O)c2cc(F)c(F)c(F)c2)cc1. The number of rotatable bonds is 2. The Hall–Kier alpha value is -1.81. The van der Waals surface area contributed by atoms with Crippen LogP contribution in [0.15, 0.2) is 36.4 Å². The maximum absolute atomic E-state index is 13.1. The molecule has 0 aliphatic heterocycles. The first kappa shape index (κ1) is 12.6. The zero-order valence-corrected chi connectivity index (χ0v) is 9.62. The highest BCUT2D eigenvalue weighted by molar-refractivity contribution is 5.32. The lowest BCUT2D eigenvalue weighted by molar-refractivity contribution is 0.218. The Kier molecular flexibility index (Phi) is 3.39. The third-order valence-corrected chi connectivity index (χ3v) is 2.71. The van der Waals surface area contributed by atoms with Gasteiger partial charge in [0.25, 0.3) is 0 Å². The van der Waals surface area contributed by atoms with Crippen LogP contribution in [0.4, 0.5) is 13.2 Å². The normalized spacial score (nSPS) is 12.5. The van der Waals surface area contributed by atoms with Crippen molar-refractivity contribution < 1.29 is 18.3 Å². The van der Waals surface area contributed by atoms with Crippen molar-refractivity contribution in [1.29, 1.82) is 0 Å². The van der Waals surface area contributed by atoms with Gasteiger partial charge in [-0.05, 0) is 30.2 Å². The molecule has 18 heavy (non-hydrogen) atoms. The van der Waals surface area contributed by atoms with Crippen molar-refractivity contribution in [3.05, 3.63) is 70.5 Å². The van der Waals surface area contributed by atoms with Gasteiger partial charge in [-0.15, -0.1) is 0 Å². The van der Waals surface area contributed by atoms with E-state index in [9.17, 15) is 18.3 Å². The standard InChI is InChI=1S/C14H11F3O/c1-8-2-4-9(5-3-8)14(18)10-6-11(15)13(17)12(16)7-10/h2-7,14,18H,1H3. The number of aryl methyl sites for hydroxylation is 1. The molecular formula is C14H11F3O. The minimum Gasteiger partial charge on any atom is -0.384 e. The molecule has 2 aromatic rings. The minimum absolute atomic E-state index is 0.0183. The first-order valence-electron chi connectivity index (χ1n) is 5.38. The summed E-state index contributed by atoms with van der Waals surface area (Å²) >= 11 is 0. The number of hydrogen-bond acceptors (Lipinski definition) is 1. The molecule has 0 fully saturated rings. The van der Waals surface area contributed by atoms with Gasteiger partial charge in [0.2, 0.25) is 0 Å². The third kappa shape index (κ3) is 2.38. The first-order valence-corrected chi connectivity index (χ1v) is 5.38. The van der Waals surface area contributed by atoms with E-state index in [1.807, 2.05) is 6.92 Å². The second-order valence-corrected chi connectivity index (χ2v) is 4.11. The average molecular weight is 252 g/mol. The van der Waals surface area contributed by atoms with Crippen LogP contribution in [0, 0.1) is 24.4 Å². The lowest BCUT2D eigenvalue weighted by Gasteiger charge is -2.12. The molecule has 1 unspecified atom stereocenters. The molecule has 1 atom stereocenters. The van der Waals surface area contributed by atoms with Gasteiger partial charge in [-0.1, -0.05) is 29.8 Å². The van der Waals surface area contributed by atoms with Crippen molar-refractivity contribution in [3.8, 4) is 0 Å². The second-order valence-electron chi connectivity index (χ2n) is 4.11. The van der Waals surface area contributed by atoms with Gasteiger partial charge >= 0.3 is 0 Å².